The average molecular weight is 478 g/mol. The number of rotatable bonds is 6. The molecule has 1 aliphatic carbocycles. The highest BCUT2D eigenvalue weighted by Crippen LogP contribution is 2.53. The van der Waals surface area contributed by atoms with Crippen molar-refractivity contribution in [2.75, 3.05) is 0 Å². The van der Waals surface area contributed by atoms with E-state index in [1.807, 2.05) is 6.07 Å². The van der Waals surface area contributed by atoms with Gasteiger partial charge in [0, 0.05) is 30.0 Å². The highest BCUT2D eigenvalue weighted by atomic mass is 32.2. The van der Waals surface area contributed by atoms with Gasteiger partial charge in [-0.25, -0.2) is 17.2 Å². The van der Waals surface area contributed by atoms with Crippen LogP contribution in [-0.2, 0) is 26.8 Å². The van der Waals surface area contributed by atoms with Crippen LogP contribution in [0.1, 0.15) is 67.9 Å². The van der Waals surface area contributed by atoms with E-state index in [1.165, 1.54) is 4.31 Å². The Morgan fingerprint density at radius 2 is 1.79 bits per heavy atom. The molecule has 4 rings (SSSR count). The topological polar surface area (TPSA) is 74.7 Å². The minimum Gasteiger partial charge on any atom is -0.390 e. The van der Waals surface area contributed by atoms with Crippen LogP contribution < -0.4 is 0 Å². The van der Waals surface area contributed by atoms with Crippen LogP contribution >= 0.6 is 0 Å². The maximum absolute atomic E-state index is 15.2. The summed E-state index contributed by atoms with van der Waals surface area (Å²) in [5, 5.41) is 9.44. The molecule has 0 bridgehead atoms. The van der Waals surface area contributed by atoms with E-state index in [1.54, 1.807) is 38.1 Å². The fraction of sp³-hybridized carbons (Fsp3) is 0.480. The summed E-state index contributed by atoms with van der Waals surface area (Å²) in [4.78, 5) is 11.2. The van der Waals surface area contributed by atoms with Crippen molar-refractivity contribution in [3.05, 3.63) is 70.8 Å². The van der Waals surface area contributed by atoms with E-state index in [-0.39, 0.29) is 43.0 Å². The van der Waals surface area contributed by atoms with Gasteiger partial charge in [0.05, 0.1) is 5.60 Å². The summed E-state index contributed by atoms with van der Waals surface area (Å²) in [6.07, 6.45) is 2.03. The second kappa shape index (κ2) is 8.56. The van der Waals surface area contributed by atoms with Gasteiger partial charge in [-0.3, -0.25) is 0 Å². The summed E-state index contributed by atoms with van der Waals surface area (Å²) in [5.41, 5.74) is -1.29. The first-order chi connectivity index (χ1) is 15.5. The van der Waals surface area contributed by atoms with Crippen molar-refractivity contribution in [1.29, 1.82) is 0 Å². The summed E-state index contributed by atoms with van der Waals surface area (Å²) < 4.78 is 58.4. The first-order valence-electron chi connectivity index (χ1n) is 11.2. The van der Waals surface area contributed by atoms with Crippen molar-refractivity contribution in [3.8, 4) is 0 Å². The molecule has 33 heavy (non-hydrogen) atoms. The molecule has 2 unspecified atom stereocenters. The van der Waals surface area contributed by atoms with Crippen LogP contribution in [-0.4, -0.2) is 35.8 Å². The van der Waals surface area contributed by atoms with Gasteiger partial charge in [-0.15, -0.1) is 0 Å². The standard InChI is InChI=1S/C25H29F2NO4S/c1-17-8-9-23(18-6-4-3-5-7-18)33(31,32)28(17)14-19-12-22(27)20(13-21(19)26)25(10-11-29)15-24(2,30)16-25/h3-7,11-13,17,23,30H,8-10,14-16H2,1-2H3. The van der Waals surface area contributed by atoms with E-state index in [2.05, 4.69) is 0 Å². The molecule has 8 heteroatoms. The SMILES string of the molecule is CC1CCC(c2ccccc2)S(=O)(=O)N1Cc1cc(F)c(C2(CC=O)CC(C)(O)C2)cc1F. The molecular weight excluding hydrogens is 448 g/mol. The zero-order valence-corrected chi connectivity index (χ0v) is 19.6. The number of hydrogen-bond acceptors (Lipinski definition) is 4. The predicted octanol–water partition coefficient (Wildman–Crippen LogP) is 4.39. The first-order valence-corrected chi connectivity index (χ1v) is 12.7. The van der Waals surface area contributed by atoms with Gasteiger partial charge in [-0.2, -0.15) is 4.31 Å². The van der Waals surface area contributed by atoms with E-state index in [0.29, 0.717) is 24.7 Å². The van der Waals surface area contributed by atoms with E-state index >= 15 is 8.78 Å². The summed E-state index contributed by atoms with van der Waals surface area (Å²) in [7, 11) is -3.79. The molecule has 0 radical (unpaired) electrons. The number of hydrogen-bond donors (Lipinski definition) is 1. The summed E-state index contributed by atoms with van der Waals surface area (Å²) in [6.45, 7) is 3.11. The Morgan fingerprint density at radius 1 is 1.12 bits per heavy atom. The number of nitrogens with zero attached hydrogens (tertiary/aromatic N) is 1. The lowest BCUT2D eigenvalue weighted by molar-refractivity contribution is -0.116. The zero-order chi connectivity index (χ0) is 24.0. The van der Waals surface area contributed by atoms with Gasteiger partial charge < -0.3 is 9.90 Å². The smallest absolute Gasteiger partial charge is 0.221 e. The van der Waals surface area contributed by atoms with Gasteiger partial charge in [0.25, 0.3) is 0 Å². The van der Waals surface area contributed by atoms with E-state index in [4.69, 9.17) is 0 Å². The van der Waals surface area contributed by atoms with E-state index in [0.717, 1.165) is 12.1 Å². The fourth-order valence-corrected chi connectivity index (χ4v) is 7.83. The summed E-state index contributed by atoms with van der Waals surface area (Å²) in [5.74, 6) is -1.40. The van der Waals surface area contributed by atoms with Crippen molar-refractivity contribution in [2.24, 2.45) is 0 Å². The normalized spacial score (nSPS) is 31.7. The van der Waals surface area contributed by atoms with E-state index in [9.17, 15) is 18.3 Å². The molecule has 1 heterocycles. The average Bonchev–Trinajstić information content (AvgIpc) is 2.72. The van der Waals surface area contributed by atoms with E-state index < -0.39 is 37.9 Å². The van der Waals surface area contributed by atoms with Gasteiger partial charge in [0.15, 0.2) is 0 Å². The minimum atomic E-state index is -3.79. The minimum absolute atomic E-state index is 0.0187. The summed E-state index contributed by atoms with van der Waals surface area (Å²) in [6, 6.07) is 10.7. The first kappa shape index (κ1) is 24.0. The molecule has 0 spiro atoms. The van der Waals surface area contributed by atoms with Crippen LogP contribution in [0.2, 0.25) is 0 Å². The molecule has 5 nitrogen and oxygen atoms in total. The molecule has 0 aromatic heterocycles. The lowest BCUT2D eigenvalue weighted by atomic mass is 9.55. The van der Waals surface area contributed by atoms with Gasteiger partial charge in [0.2, 0.25) is 10.0 Å². The third-order valence-electron chi connectivity index (χ3n) is 7.14. The van der Waals surface area contributed by atoms with Gasteiger partial charge in [0.1, 0.15) is 23.2 Å². The Morgan fingerprint density at radius 3 is 2.39 bits per heavy atom. The predicted molar refractivity (Wildman–Crippen MR) is 121 cm³/mol. The molecule has 1 aliphatic heterocycles. The Bertz CT molecular complexity index is 1140. The quantitative estimate of drug-likeness (QED) is 0.626. The Balaban J connectivity index is 1.65. The van der Waals surface area contributed by atoms with Crippen LogP contribution in [0.5, 0.6) is 0 Å². The molecule has 2 atom stereocenters. The number of aldehydes is 1. The van der Waals surface area contributed by atoms with Crippen LogP contribution in [0.3, 0.4) is 0 Å². The Kier molecular flexibility index (Phi) is 6.22. The number of halogens is 2. The lowest BCUT2D eigenvalue weighted by Crippen LogP contribution is -2.53. The maximum atomic E-state index is 15.2. The zero-order valence-electron chi connectivity index (χ0n) is 18.8. The fourth-order valence-electron chi connectivity index (χ4n) is 5.65. The molecule has 1 saturated heterocycles. The number of carbonyl (C=O) groups is 1. The van der Waals surface area contributed by atoms with Gasteiger partial charge in [-0.05, 0) is 62.8 Å². The van der Waals surface area contributed by atoms with Crippen molar-refractivity contribution >= 4 is 16.3 Å². The van der Waals surface area contributed by atoms with Crippen molar-refractivity contribution in [1.82, 2.24) is 4.31 Å². The molecule has 1 N–H and O–H groups in total. The summed E-state index contributed by atoms with van der Waals surface area (Å²) >= 11 is 0. The van der Waals surface area contributed by atoms with Crippen molar-refractivity contribution in [3.63, 3.8) is 0 Å². The molecule has 2 fully saturated rings. The maximum Gasteiger partial charge on any atom is 0.221 e. The molecule has 2 aromatic rings. The molecule has 178 valence electrons. The van der Waals surface area contributed by atoms with Crippen LogP contribution in [0, 0.1) is 11.6 Å². The van der Waals surface area contributed by atoms with Gasteiger partial charge in [-0.1, -0.05) is 30.3 Å². The Hall–Kier alpha value is -2.16. The lowest BCUT2D eigenvalue weighted by Gasteiger charge is -2.51. The largest absolute Gasteiger partial charge is 0.390 e. The Labute approximate surface area is 193 Å². The second-order valence-electron chi connectivity index (χ2n) is 9.84. The second-order valence-corrected chi connectivity index (χ2v) is 11.9. The van der Waals surface area contributed by atoms with Crippen molar-refractivity contribution < 1.29 is 27.1 Å². The third kappa shape index (κ3) is 4.36. The molecule has 2 aromatic carbocycles. The van der Waals surface area contributed by atoms with Crippen LogP contribution in [0.15, 0.2) is 42.5 Å². The highest BCUT2D eigenvalue weighted by Gasteiger charge is 2.53. The highest BCUT2D eigenvalue weighted by molar-refractivity contribution is 7.89. The van der Waals surface area contributed by atoms with Crippen LogP contribution in [0.25, 0.3) is 0 Å². The number of benzene rings is 2. The third-order valence-corrected chi connectivity index (χ3v) is 9.51. The number of carbonyl (C=O) groups excluding carboxylic acids is 1. The van der Waals surface area contributed by atoms with Crippen LogP contribution in [0.4, 0.5) is 8.78 Å². The van der Waals surface area contributed by atoms with Crippen molar-refractivity contribution in [2.45, 2.75) is 74.8 Å². The number of aliphatic hydroxyl groups is 1. The molecule has 2 aliphatic rings. The van der Waals surface area contributed by atoms with Gasteiger partial charge >= 0.3 is 0 Å². The molecule has 0 amide bonds. The number of sulfonamides is 1. The molecular formula is C25H29F2NO4S. The molecule has 1 saturated carbocycles. The monoisotopic (exact) mass is 477 g/mol.